The predicted molar refractivity (Wildman–Crippen MR) is 69.4 cm³/mol. The van der Waals surface area contributed by atoms with Crippen molar-refractivity contribution in [3.8, 4) is 0 Å². The molecule has 1 saturated carbocycles. The molecule has 3 atom stereocenters. The van der Waals surface area contributed by atoms with E-state index in [1.165, 1.54) is 58.0 Å². The molecule has 1 aliphatic heterocycles. The predicted octanol–water partition coefficient (Wildman–Crippen LogP) is 2.63. The van der Waals surface area contributed by atoms with Crippen LogP contribution in [0.5, 0.6) is 0 Å². The quantitative estimate of drug-likeness (QED) is 0.778. The molecular weight excluding hydrogens is 196 g/mol. The van der Waals surface area contributed by atoms with Crippen molar-refractivity contribution in [3.63, 3.8) is 0 Å². The van der Waals surface area contributed by atoms with Crippen LogP contribution < -0.4 is 5.73 Å². The van der Waals surface area contributed by atoms with Gasteiger partial charge in [-0.2, -0.15) is 0 Å². The fourth-order valence-corrected chi connectivity index (χ4v) is 3.81. The van der Waals surface area contributed by atoms with Gasteiger partial charge in [0.2, 0.25) is 0 Å². The maximum Gasteiger partial charge on any atom is 0.0124 e. The van der Waals surface area contributed by atoms with E-state index in [0.29, 0.717) is 0 Å². The van der Waals surface area contributed by atoms with Gasteiger partial charge in [-0.15, -0.1) is 0 Å². The second kappa shape index (κ2) is 6.02. The standard InChI is InChI=1S/C14H28N2/c1-2-5-12(10-15)11-16-9-4-7-13-6-3-8-14(13)16/h12-14H,2-11,15H2,1H3. The minimum Gasteiger partial charge on any atom is -0.330 e. The molecule has 0 amide bonds. The fourth-order valence-electron chi connectivity index (χ4n) is 3.81. The van der Waals surface area contributed by atoms with Gasteiger partial charge in [0.1, 0.15) is 0 Å². The van der Waals surface area contributed by atoms with Gasteiger partial charge < -0.3 is 5.73 Å². The molecule has 2 nitrogen and oxygen atoms in total. The molecule has 3 unspecified atom stereocenters. The van der Waals surface area contributed by atoms with Gasteiger partial charge in [0.15, 0.2) is 0 Å². The summed E-state index contributed by atoms with van der Waals surface area (Å²) in [5, 5.41) is 0. The van der Waals surface area contributed by atoms with Crippen molar-refractivity contribution in [2.75, 3.05) is 19.6 Å². The molecule has 2 heteroatoms. The Bertz CT molecular complexity index is 205. The molecule has 1 aliphatic carbocycles. The van der Waals surface area contributed by atoms with Gasteiger partial charge in [0.05, 0.1) is 0 Å². The number of hydrogen-bond acceptors (Lipinski definition) is 2. The van der Waals surface area contributed by atoms with Crippen molar-refractivity contribution in [1.82, 2.24) is 4.90 Å². The second-order valence-electron chi connectivity index (χ2n) is 5.79. The van der Waals surface area contributed by atoms with Crippen molar-refractivity contribution in [1.29, 1.82) is 0 Å². The molecule has 0 aromatic rings. The highest BCUT2D eigenvalue weighted by atomic mass is 15.2. The molecule has 0 bridgehead atoms. The lowest BCUT2D eigenvalue weighted by Crippen LogP contribution is -2.45. The van der Waals surface area contributed by atoms with Gasteiger partial charge in [-0.3, -0.25) is 4.90 Å². The van der Waals surface area contributed by atoms with Crippen molar-refractivity contribution in [2.24, 2.45) is 17.6 Å². The Morgan fingerprint density at radius 3 is 2.81 bits per heavy atom. The van der Waals surface area contributed by atoms with Gasteiger partial charge in [-0.05, 0) is 57.0 Å². The van der Waals surface area contributed by atoms with Crippen LogP contribution in [0.1, 0.15) is 51.9 Å². The van der Waals surface area contributed by atoms with Crippen LogP contribution in [-0.4, -0.2) is 30.6 Å². The molecular formula is C14H28N2. The van der Waals surface area contributed by atoms with Crippen LogP contribution in [0.3, 0.4) is 0 Å². The molecule has 0 spiro atoms. The summed E-state index contributed by atoms with van der Waals surface area (Å²) in [6.07, 6.45) is 9.91. The highest BCUT2D eigenvalue weighted by molar-refractivity contribution is 4.89. The number of nitrogens with zero attached hydrogens (tertiary/aromatic N) is 1. The number of piperidine rings is 1. The average Bonchev–Trinajstić information content (AvgIpc) is 2.77. The number of likely N-dealkylation sites (tertiary alicyclic amines) is 1. The van der Waals surface area contributed by atoms with Gasteiger partial charge in [0.25, 0.3) is 0 Å². The lowest BCUT2D eigenvalue weighted by molar-refractivity contribution is 0.0938. The molecule has 1 heterocycles. The van der Waals surface area contributed by atoms with Gasteiger partial charge in [-0.1, -0.05) is 19.8 Å². The normalized spacial score (nSPS) is 32.6. The summed E-state index contributed by atoms with van der Waals surface area (Å²) < 4.78 is 0. The molecule has 16 heavy (non-hydrogen) atoms. The number of hydrogen-bond donors (Lipinski definition) is 1. The van der Waals surface area contributed by atoms with E-state index in [1.807, 2.05) is 0 Å². The van der Waals surface area contributed by atoms with E-state index in [9.17, 15) is 0 Å². The zero-order valence-corrected chi connectivity index (χ0v) is 10.8. The van der Waals surface area contributed by atoms with E-state index in [1.54, 1.807) is 0 Å². The van der Waals surface area contributed by atoms with E-state index in [-0.39, 0.29) is 0 Å². The van der Waals surface area contributed by atoms with Crippen LogP contribution in [0.15, 0.2) is 0 Å². The van der Waals surface area contributed by atoms with E-state index in [0.717, 1.165) is 24.4 Å². The Kier molecular flexibility index (Phi) is 4.66. The highest BCUT2D eigenvalue weighted by Gasteiger charge is 2.35. The third-order valence-corrected chi connectivity index (χ3v) is 4.63. The van der Waals surface area contributed by atoms with Gasteiger partial charge in [-0.25, -0.2) is 0 Å². The van der Waals surface area contributed by atoms with Crippen LogP contribution in [0.2, 0.25) is 0 Å². The first kappa shape index (κ1) is 12.4. The minimum absolute atomic E-state index is 0.740. The topological polar surface area (TPSA) is 29.3 Å². The molecule has 0 aromatic carbocycles. The number of fused-ring (bicyclic) bond motifs is 1. The Morgan fingerprint density at radius 1 is 1.25 bits per heavy atom. The highest BCUT2D eigenvalue weighted by Crippen LogP contribution is 2.37. The zero-order chi connectivity index (χ0) is 11.4. The summed E-state index contributed by atoms with van der Waals surface area (Å²) in [7, 11) is 0. The zero-order valence-electron chi connectivity index (χ0n) is 10.8. The number of nitrogens with two attached hydrogens (primary N) is 1. The van der Waals surface area contributed by atoms with Gasteiger partial charge >= 0.3 is 0 Å². The SMILES string of the molecule is CCCC(CN)CN1CCCC2CCCC21. The summed E-state index contributed by atoms with van der Waals surface area (Å²) >= 11 is 0. The van der Waals surface area contributed by atoms with Crippen molar-refractivity contribution in [3.05, 3.63) is 0 Å². The van der Waals surface area contributed by atoms with Crippen LogP contribution in [-0.2, 0) is 0 Å². The molecule has 0 radical (unpaired) electrons. The molecule has 2 aliphatic rings. The smallest absolute Gasteiger partial charge is 0.0124 e. The lowest BCUT2D eigenvalue weighted by atomic mass is 9.90. The van der Waals surface area contributed by atoms with Crippen LogP contribution in [0.25, 0.3) is 0 Å². The summed E-state index contributed by atoms with van der Waals surface area (Å²) in [5.41, 5.74) is 5.89. The monoisotopic (exact) mass is 224 g/mol. The minimum atomic E-state index is 0.740. The third kappa shape index (κ3) is 2.78. The molecule has 2 N–H and O–H groups in total. The Balaban J connectivity index is 1.87. The first-order chi connectivity index (χ1) is 7.85. The molecule has 2 fully saturated rings. The largest absolute Gasteiger partial charge is 0.330 e. The maximum absolute atomic E-state index is 5.89. The first-order valence-electron chi connectivity index (χ1n) is 7.29. The maximum atomic E-state index is 5.89. The number of rotatable bonds is 5. The van der Waals surface area contributed by atoms with E-state index < -0.39 is 0 Å². The Labute approximate surface area is 101 Å². The van der Waals surface area contributed by atoms with Crippen molar-refractivity contribution >= 4 is 0 Å². The summed E-state index contributed by atoms with van der Waals surface area (Å²) in [6, 6.07) is 0.916. The second-order valence-corrected chi connectivity index (χ2v) is 5.79. The average molecular weight is 224 g/mol. The fraction of sp³-hybridized carbons (Fsp3) is 1.00. The van der Waals surface area contributed by atoms with E-state index in [4.69, 9.17) is 5.73 Å². The Morgan fingerprint density at radius 2 is 2.06 bits per heavy atom. The van der Waals surface area contributed by atoms with Crippen LogP contribution in [0, 0.1) is 11.8 Å². The van der Waals surface area contributed by atoms with E-state index >= 15 is 0 Å². The molecule has 2 rings (SSSR count). The van der Waals surface area contributed by atoms with Crippen LogP contribution in [0.4, 0.5) is 0 Å². The third-order valence-electron chi connectivity index (χ3n) is 4.63. The molecule has 94 valence electrons. The summed E-state index contributed by atoms with van der Waals surface area (Å²) in [5.74, 6) is 1.76. The first-order valence-corrected chi connectivity index (χ1v) is 7.29. The van der Waals surface area contributed by atoms with Crippen molar-refractivity contribution < 1.29 is 0 Å². The summed E-state index contributed by atoms with van der Waals surface area (Å²) in [6.45, 7) is 5.76. The lowest BCUT2D eigenvalue weighted by Gasteiger charge is -2.39. The van der Waals surface area contributed by atoms with Crippen LogP contribution >= 0.6 is 0 Å². The van der Waals surface area contributed by atoms with E-state index in [2.05, 4.69) is 11.8 Å². The molecule has 1 saturated heterocycles. The summed E-state index contributed by atoms with van der Waals surface area (Å²) in [4.78, 5) is 2.77. The van der Waals surface area contributed by atoms with Gasteiger partial charge in [0, 0.05) is 12.6 Å². The molecule has 0 aromatic heterocycles. The van der Waals surface area contributed by atoms with Crippen molar-refractivity contribution in [2.45, 2.75) is 57.9 Å². The Hall–Kier alpha value is -0.0800.